The number of benzene rings is 4. The van der Waals surface area contributed by atoms with E-state index in [1.54, 1.807) is 10.2 Å². The molecule has 0 unspecified atom stereocenters. The minimum absolute atomic E-state index is 0.00515. The average molecular weight is 737 g/mol. The lowest BCUT2D eigenvalue weighted by Crippen LogP contribution is -2.31. The molecule has 2 amide bonds. The van der Waals surface area contributed by atoms with Gasteiger partial charge in [0.05, 0.1) is 24.5 Å². The number of ether oxygens (including phenoxy) is 2. The summed E-state index contributed by atoms with van der Waals surface area (Å²) in [5.74, 6) is 0.226. The summed E-state index contributed by atoms with van der Waals surface area (Å²) in [6, 6.07) is 33.9. The number of thioether (sulfide) groups is 1. The molecule has 13 heteroatoms. The van der Waals surface area contributed by atoms with Gasteiger partial charge in [-0.05, 0) is 69.3 Å². The molecule has 0 spiro atoms. The van der Waals surface area contributed by atoms with Crippen LogP contribution in [0.5, 0.6) is 0 Å². The van der Waals surface area contributed by atoms with Crippen LogP contribution in [0.3, 0.4) is 0 Å². The van der Waals surface area contributed by atoms with E-state index in [2.05, 4.69) is 39.0 Å². The highest BCUT2D eigenvalue weighted by atomic mass is 32.2. The van der Waals surface area contributed by atoms with Gasteiger partial charge in [-0.2, -0.15) is 4.68 Å². The normalized spacial score (nSPS) is 17.0. The van der Waals surface area contributed by atoms with Crippen molar-refractivity contribution in [3.05, 3.63) is 125 Å². The summed E-state index contributed by atoms with van der Waals surface area (Å²) >= 11 is 1.54. The Bertz CT molecular complexity index is 1910. The number of rotatable bonds is 17. The highest BCUT2D eigenvalue weighted by molar-refractivity contribution is 7.99. The molecule has 4 N–H and O–H groups in total. The Balaban J connectivity index is 1.08. The third-order valence-electron chi connectivity index (χ3n) is 9.07. The predicted octanol–water partition coefficient (Wildman–Crippen LogP) is 6.62. The van der Waals surface area contributed by atoms with Gasteiger partial charge in [0.1, 0.15) is 0 Å². The van der Waals surface area contributed by atoms with Crippen molar-refractivity contribution in [2.24, 2.45) is 0 Å². The Morgan fingerprint density at radius 2 is 1.53 bits per heavy atom. The van der Waals surface area contributed by atoms with Crippen molar-refractivity contribution in [1.82, 2.24) is 31.0 Å². The number of carbonyl (C=O) groups excluding carboxylic acids is 2. The second-order valence-electron chi connectivity index (χ2n) is 12.9. The Morgan fingerprint density at radius 1 is 0.792 bits per heavy atom. The quantitative estimate of drug-likeness (QED) is 0.0354. The molecule has 12 nitrogen and oxygen atoms in total. The molecule has 1 aromatic heterocycles. The monoisotopic (exact) mass is 736 g/mol. The average Bonchev–Trinajstić information content (AvgIpc) is 3.69. The van der Waals surface area contributed by atoms with Crippen molar-refractivity contribution < 1.29 is 29.4 Å². The first-order valence-corrected chi connectivity index (χ1v) is 18.8. The molecule has 1 aliphatic rings. The number of amides is 2. The summed E-state index contributed by atoms with van der Waals surface area (Å²) in [5.41, 5.74) is 8.35. The standard InChI is InChI=1S/C40H44N6O6S/c47-26-28-15-17-31(18-16-28)36-24-35(27-53-40-42-44-45-46(40)34-11-4-3-5-12-34)51-39(52-36)32-21-19-30(20-22-32)33-10-8-9-29(23-33)25-41-37(48)13-6-1-2-7-14-38(49)43-50/h3-5,8-12,15-23,35-36,39,47,50H,1-2,6-7,13-14,24-27H2,(H,41,48)(H,43,49)/t35-,36+,39+/m0/s1. The van der Waals surface area contributed by atoms with Gasteiger partial charge in [0.25, 0.3) is 0 Å². The Kier molecular flexibility index (Phi) is 13.7. The van der Waals surface area contributed by atoms with Crippen molar-refractivity contribution in [3.8, 4) is 16.8 Å². The third-order valence-corrected chi connectivity index (χ3v) is 10.1. The number of aromatic nitrogens is 4. The predicted molar refractivity (Wildman–Crippen MR) is 200 cm³/mol. The zero-order chi connectivity index (χ0) is 36.8. The summed E-state index contributed by atoms with van der Waals surface area (Å²) in [6.07, 6.45) is 3.49. The lowest BCUT2D eigenvalue weighted by molar-refractivity contribution is -0.245. The molecule has 1 fully saturated rings. The Hall–Kier alpha value is -4.92. The maximum absolute atomic E-state index is 12.4. The number of tetrazole rings is 1. The number of hydrogen-bond acceptors (Lipinski definition) is 10. The molecule has 53 heavy (non-hydrogen) atoms. The maximum atomic E-state index is 12.4. The first-order chi connectivity index (χ1) is 26.0. The number of para-hydroxylation sites is 1. The van der Waals surface area contributed by atoms with Gasteiger partial charge >= 0.3 is 0 Å². The number of aliphatic hydroxyl groups is 1. The first kappa shape index (κ1) is 37.8. The summed E-state index contributed by atoms with van der Waals surface area (Å²) in [6.45, 7) is 0.414. The molecule has 1 saturated heterocycles. The third kappa shape index (κ3) is 10.8. The maximum Gasteiger partial charge on any atom is 0.243 e. The molecule has 5 aromatic rings. The summed E-state index contributed by atoms with van der Waals surface area (Å²) < 4.78 is 14.9. The number of aliphatic hydroxyl groups excluding tert-OH is 1. The van der Waals surface area contributed by atoms with E-state index < -0.39 is 6.29 Å². The topological polar surface area (TPSA) is 161 Å². The van der Waals surface area contributed by atoms with Crippen LogP contribution in [0.15, 0.2) is 108 Å². The highest BCUT2D eigenvalue weighted by Gasteiger charge is 2.32. The van der Waals surface area contributed by atoms with Crippen LogP contribution >= 0.6 is 11.8 Å². The van der Waals surface area contributed by atoms with Crippen LogP contribution in [0, 0.1) is 0 Å². The number of nitrogens with one attached hydrogen (secondary N) is 2. The minimum atomic E-state index is -0.599. The van der Waals surface area contributed by atoms with Crippen molar-refractivity contribution >= 4 is 23.6 Å². The van der Waals surface area contributed by atoms with Gasteiger partial charge in [-0.1, -0.05) is 110 Å². The van der Waals surface area contributed by atoms with Gasteiger partial charge in [-0.25, -0.2) is 5.48 Å². The van der Waals surface area contributed by atoms with E-state index in [0.29, 0.717) is 36.7 Å². The first-order valence-electron chi connectivity index (χ1n) is 17.8. The summed E-state index contributed by atoms with van der Waals surface area (Å²) in [7, 11) is 0. The fourth-order valence-corrected chi connectivity index (χ4v) is 7.06. The zero-order valence-corrected chi connectivity index (χ0v) is 30.2. The van der Waals surface area contributed by atoms with Crippen LogP contribution in [0.4, 0.5) is 0 Å². The van der Waals surface area contributed by atoms with Crippen molar-refractivity contribution in [1.29, 1.82) is 0 Å². The van der Waals surface area contributed by atoms with Crippen LogP contribution < -0.4 is 10.8 Å². The number of hydroxylamine groups is 1. The lowest BCUT2D eigenvalue weighted by Gasteiger charge is -2.36. The number of nitrogens with zero attached hydrogens (tertiary/aromatic N) is 4. The summed E-state index contributed by atoms with van der Waals surface area (Å²) in [5, 5.41) is 34.2. The summed E-state index contributed by atoms with van der Waals surface area (Å²) in [4.78, 5) is 23.5. The Labute approximate surface area is 312 Å². The molecule has 6 rings (SSSR count). The van der Waals surface area contributed by atoms with Crippen LogP contribution in [-0.4, -0.2) is 54.2 Å². The molecule has 0 saturated carbocycles. The van der Waals surface area contributed by atoms with Gasteiger partial charge in [0.2, 0.25) is 17.0 Å². The number of unbranched alkanes of at least 4 members (excludes halogenated alkanes) is 3. The van der Waals surface area contributed by atoms with Crippen LogP contribution in [0.2, 0.25) is 0 Å². The van der Waals surface area contributed by atoms with Crippen molar-refractivity contribution in [3.63, 3.8) is 0 Å². The van der Waals surface area contributed by atoms with Crippen molar-refractivity contribution in [2.45, 2.75) is 81.8 Å². The number of carbonyl (C=O) groups is 2. The van der Waals surface area contributed by atoms with E-state index in [0.717, 1.165) is 58.3 Å². The van der Waals surface area contributed by atoms with E-state index in [4.69, 9.17) is 14.7 Å². The molecular weight excluding hydrogens is 693 g/mol. The van der Waals surface area contributed by atoms with E-state index in [1.807, 2.05) is 84.9 Å². The second kappa shape index (κ2) is 19.2. The molecule has 2 heterocycles. The fourth-order valence-electron chi connectivity index (χ4n) is 6.15. The van der Waals surface area contributed by atoms with Gasteiger partial charge in [-0.3, -0.25) is 14.8 Å². The molecule has 276 valence electrons. The van der Waals surface area contributed by atoms with E-state index in [9.17, 15) is 14.7 Å². The van der Waals surface area contributed by atoms with Gasteiger partial charge < -0.3 is 19.9 Å². The van der Waals surface area contributed by atoms with E-state index in [1.165, 1.54) is 11.8 Å². The second-order valence-corrected chi connectivity index (χ2v) is 13.9. The largest absolute Gasteiger partial charge is 0.392 e. The smallest absolute Gasteiger partial charge is 0.243 e. The van der Waals surface area contributed by atoms with Crippen LogP contribution in [-0.2, 0) is 32.2 Å². The SMILES string of the molecule is O=C(CCCCCCC(=O)NCc1cccc(-c2ccc([C@@H]3O[C@H](CSc4nnnn4-c4ccccc4)C[C@H](c4ccc(CO)cc4)O3)cc2)c1)NO. The van der Waals surface area contributed by atoms with Crippen LogP contribution in [0.25, 0.3) is 16.8 Å². The molecular formula is C40H44N6O6S. The van der Waals surface area contributed by atoms with Crippen molar-refractivity contribution in [2.75, 3.05) is 5.75 Å². The molecule has 3 atom stereocenters. The van der Waals surface area contributed by atoms with E-state index >= 15 is 0 Å². The van der Waals surface area contributed by atoms with Gasteiger partial charge in [0, 0.05) is 37.1 Å². The highest BCUT2D eigenvalue weighted by Crippen LogP contribution is 2.40. The van der Waals surface area contributed by atoms with Gasteiger partial charge in [0.15, 0.2) is 6.29 Å². The molecule has 0 radical (unpaired) electrons. The van der Waals surface area contributed by atoms with E-state index in [-0.39, 0.29) is 37.0 Å². The van der Waals surface area contributed by atoms with Gasteiger partial charge in [-0.15, -0.1) is 5.10 Å². The molecule has 1 aliphatic heterocycles. The Morgan fingerprint density at radius 3 is 2.26 bits per heavy atom. The lowest BCUT2D eigenvalue weighted by atomic mass is 9.99. The molecule has 0 bridgehead atoms. The fraction of sp³-hybridized carbons (Fsp3) is 0.325. The minimum Gasteiger partial charge on any atom is -0.392 e. The van der Waals surface area contributed by atoms with Crippen LogP contribution in [0.1, 0.15) is 79.6 Å². The molecule has 4 aromatic carbocycles. The zero-order valence-electron chi connectivity index (χ0n) is 29.3. The number of hydrogen-bond donors (Lipinski definition) is 4. The molecule has 0 aliphatic carbocycles.